The molecule has 0 radical (unpaired) electrons. The molecule has 0 aromatic carbocycles. The van der Waals surface area contributed by atoms with Gasteiger partial charge in [-0.15, -0.1) is 6.58 Å². The number of rotatable bonds is 14. The zero-order valence-electron chi connectivity index (χ0n) is 14.3. The summed E-state index contributed by atoms with van der Waals surface area (Å²) >= 11 is 0. The minimum atomic E-state index is -0.827. The van der Waals surface area contributed by atoms with Gasteiger partial charge in [0.15, 0.2) is 0 Å². The number of carbonyl (C=O) groups is 1. The maximum absolute atomic E-state index is 10.6. The van der Waals surface area contributed by atoms with E-state index in [0.29, 0.717) is 0 Å². The van der Waals surface area contributed by atoms with Crippen molar-refractivity contribution < 1.29 is 19.7 Å². The van der Waals surface area contributed by atoms with Gasteiger partial charge in [-0.1, -0.05) is 36.8 Å². The van der Waals surface area contributed by atoms with Crippen LogP contribution in [0.15, 0.2) is 37.0 Å². The van der Waals surface area contributed by atoms with Crippen LogP contribution in [-0.4, -0.2) is 35.0 Å². The number of esters is 1. The third-order valence-electron chi connectivity index (χ3n) is 3.30. The van der Waals surface area contributed by atoms with Gasteiger partial charge < -0.3 is 14.9 Å². The van der Waals surface area contributed by atoms with Crippen LogP contribution in [-0.2, 0) is 9.53 Å². The van der Waals surface area contributed by atoms with Gasteiger partial charge in [-0.25, -0.2) is 0 Å². The standard InChI is InChI=1S/C19H32O4/c1-3-4-5-6-7-8-9-10-11-12-13-14-18(21)15-19(22)16-23-17(2)20/h3,6-7,13-14,18-19,21-22H,1,4-5,8-12,15-16H2,2H3/b7-6+,14-13+/t18-,19?/m0/s1. The summed E-state index contributed by atoms with van der Waals surface area (Å²) in [5.41, 5.74) is 0. The maximum Gasteiger partial charge on any atom is 0.302 e. The molecule has 0 rings (SSSR count). The highest BCUT2D eigenvalue weighted by Crippen LogP contribution is 2.07. The highest BCUT2D eigenvalue weighted by atomic mass is 16.5. The second kappa shape index (κ2) is 15.5. The fourth-order valence-electron chi connectivity index (χ4n) is 2.04. The zero-order chi connectivity index (χ0) is 17.3. The fraction of sp³-hybridized carbons (Fsp3) is 0.632. The summed E-state index contributed by atoms with van der Waals surface area (Å²) in [4.78, 5) is 10.6. The number of aliphatic hydroxyl groups is 2. The second-order valence-corrected chi connectivity index (χ2v) is 5.66. The van der Waals surface area contributed by atoms with E-state index in [1.807, 2.05) is 12.2 Å². The van der Waals surface area contributed by atoms with Crippen LogP contribution in [0, 0.1) is 0 Å². The van der Waals surface area contributed by atoms with Crippen molar-refractivity contribution in [1.29, 1.82) is 0 Å². The summed E-state index contributed by atoms with van der Waals surface area (Å²) in [6.07, 6.45) is 16.3. The lowest BCUT2D eigenvalue weighted by atomic mass is 10.1. The van der Waals surface area contributed by atoms with Gasteiger partial charge in [0.25, 0.3) is 0 Å². The van der Waals surface area contributed by atoms with E-state index in [1.165, 1.54) is 19.8 Å². The second-order valence-electron chi connectivity index (χ2n) is 5.66. The molecule has 0 fully saturated rings. The molecule has 0 saturated heterocycles. The first kappa shape index (κ1) is 21.6. The molecule has 2 atom stereocenters. The van der Waals surface area contributed by atoms with Crippen molar-refractivity contribution in [1.82, 2.24) is 0 Å². The van der Waals surface area contributed by atoms with E-state index in [-0.39, 0.29) is 13.0 Å². The summed E-state index contributed by atoms with van der Waals surface area (Å²) in [5.74, 6) is -0.426. The van der Waals surface area contributed by atoms with E-state index >= 15 is 0 Å². The third kappa shape index (κ3) is 16.8. The topological polar surface area (TPSA) is 66.8 Å². The van der Waals surface area contributed by atoms with Crippen LogP contribution in [0.2, 0.25) is 0 Å². The van der Waals surface area contributed by atoms with Crippen molar-refractivity contribution in [3.05, 3.63) is 37.0 Å². The molecule has 0 heterocycles. The van der Waals surface area contributed by atoms with Crippen LogP contribution in [0.1, 0.15) is 58.3 Å². The van der Waals surface area contributed by atoms with Crippen LogP contribution < -0.4 is 0 Å². The number of ether oxygens (including phenoxy) is 1. The Hall–Kier alpha value is -1.39. The van der Waals surface area contributed by atoms with Gasteiger partial charge >= 0.3 is 5.97 Å². The molecule has 0 aliphatic rings. The highest BCUT2D eigenvalue weighted by Gasteiger charge is 2.10. The summed E-state index contributed by atoms with van der Waals surface area (Å²) in [7, 11) is 0. The highest BCUT2D eigenvalue weighted by molar-refractivity contribution is 5.65. The van der Waals surface area contributed by atoms with Gasteiger partial charge in [0.1, 0.15) is 6.61 Å². The van der Waals surface area contributed by atoms with Crippen molar-refractivity contribution in [2.24, 2.45) is 0 Å². The normalized spacial score (nSPS) is 14.2. The Kier molecular flexibility index (Phi) is 14.6. The number of hydrogen-bond donors (Lipinski definition) is 2. The smallest absolute Gasteiger partial charge is 0.302 e. The largest absolute Gasteiger partial charge is 0.463 e. The molecule has 4 nitrogen and oxygen atoms in total. The van der Waals surface area contributed by atoms with Crippen LogP contribution in [0.4, 0.5) is 0 Å². The van der Waals surface area contributed by atoms with E-state index in [2.05, 4.69) is 23.5 Å². The van der Waals surface area contributed by atoms with Crippen molar-refractivity contribution in [3.8, 4) is 0 Å². The van der Waals surface area contributed by atoms with Gasteiger partial charge in [0.05, 0.1) is 12.2 Å². The quantitative estimate of drug-likeness (QED) is 0.290. The summed E-state index contributed by atoms with van der Waals surface area (Å²) < 4.78 is 4.68. The first-order valence-corrected chi connectivity index (χ1v) is 8.48. The molecule has 0 spiro atoms. The summed E-state index contributed by atoms with van der Waals surface area (Å²) in [6.45, 7) is 4.91. The van der Waals surface area contributed by atoms with Gasteiger partial charge in [-0.3, -0.25) is 4.79 Å². The van der Waals surface area contributed by atoms with Crippen LogP contribution in [0.25, 0.3) is 0 Å². The molecule has 0 aliphatic heterocycles. The predicted octanol–water partition coefficient (Wildman–Crippen LogP) is 3.69. The van der Waals surface area contributed by atoms with Crippen molar-refractivity contribution in [2.45, 2.75) is 70.5 Å². The van der Waals surface area contributed by atoms with Gasteiger partial charge in [-0.2, -0.15) is 0 Å². The lowest BCUT2D eigenvalue weighted by Gasteiger charge is -2.12. The van der Waals surface area contributed by atoms with E-state index in [0.717, 1.165) is 32.1 Å². The third-order valence-corrected chi connectivity index (χ3v) is 3.30. The van der Waals surface area contributed by atoms with Gasteiger partial charge in [0.2, 0.25) is 0 Å². The number of unbranched alkanes of at least 4 members (excludes halogenated alkanes) is 5. The minimum absolute atomic E-state index is 0.0689. The van der Waals surface area contributed by atoms with Crippen molar-refractivity contribution >= 4 is 5.97 Å². The fourth-order valence-corrected chi connectivity index (χ4v) is 2.04. The lowest BCUT2D eigenvalue weighted by Crippen LogP contribution is -2.22. The Morgan fingerprint density at radius 3 is 2.35 bits per heavy atom. The predicted molar refractivity (Wildman–Crippen MR) is 94.1 cm³/mol. The molecule has 23 heavy (non-hydrogen) atoms. The monoisotopic (exact) mass is 324 g/mol. The molecule has 0 amide bonds. The Balaban J connectivity index is 3.52. The molecule has 0 saturated carbocycles. The first-order chi connectivity index (χ1) is 11.1. The SMILES string of the molecule is C=CCC/C=C/CCCCC/C=C/[C@H](O)CC(O)COC(C)=O. The Bertz CT molecular complexity index is 360. The van der Waals surface area contributed by atoms with Crippen molar-refractivity contribution in [2.75, 3.05) is 6.61 Å². The van der Waals surface area contributed by atoms with E-state index in [1.54, 1.807) is 6.08 Å². The number of carbonyl (C=O) groups excluding carboxylic acids is 1. The first-order valence-electron chi connectivity index (χ1n) is 8.48. The molecular formula is C19H32O4. The Morgan fingerprint density at radius 1 is 1.04 bits per heavy atom. The van der Waals surface area contributed by atoms with Crippen LogP contribution in [0.3, 0.4) is 0 Å². The lowest BCUT2D eigenvalue weighted by molar-refractivity contribution is -0.144. The average Bonchev–Trinajstić information content (AvgIpc) is 2.50. The maximum atomic E-state index is 10.6. The van der Waals surface area contributed by atoms with Crippen LogP contribution in [0.5, 0.6) is 0 Å². The molecule has 2 N–H and O–H groups in total. The molecule has 0 aromatic rings. The Morgan fingerprint density at radius 2 is 1.70 bits per heavy atom. The number of hydrogen-bond acceptors (Lipinski definition) is 4. The number of allylic oxidation sites excluding steroid dienone is 4. The molecule has 132 valence electrons. The van der Waals surface area contributed by atoms with Crippen molar-refractivity contribution in [3.63, 3.8) is 0 Å². The molecule has 1 unspecified atom stereocenters. The zero-order valence-corrected chi connectivity index (χ0v) is 14.3. The minimum Gasteiger partial charge on any atom is -0.463 e. The molecule has 0 bridgehead atoms. The van der Waals surface area contributed by atoms with E-state index < -0.39 is 18.2 Å². The number of aliphatic hydroxyl groups excluding tert-OH is 2. The van der Waals surface area contributed by atoms with E-state index in [9.17, 15) is 15.0 Å². The molecular weight excluding hydrogens is 292 g/mol. The Labute approximate surface area is 140 Å². The molecule has 0 aromatic heterocycles. The summed E-state index contributed by atoms with van der Waals surface area (Å²) in [6, 6.07) is 0. The van der Waals surface area contributed by atoms with Gasteiger partial charge in [-0.05, 0) is 38.5 Å². The van der Waals surface area contributed by atoms with Gasteiger partial charge in [0, 0.05) is 13.3 Å². The van der Waals surface area contributed by atoms with E-state index in [4.69, 9.17) is 0 Å². The molecule has 4 heteroatoms. The molecule has 0 aliphatic carbocycles. The average molecular weight is 324 g/mol. The summed E-state index contributed by atoms with van der Waals surface area (Å²) in [5, 5.41) is 19.3. The van der Waals surface area contributed by atoms with Crippen LogP contribution >= 0.6 is 0 Å².